The molecule has 0 unspecified atom stereocenters. The largest absolute Gasteiger partial charge is 0.633 e. The van der Waals surface area contributed by atoms with Crippen molar-refractivity contribution in [2.75, 3.05) is 45.6 Å². The van der Waals surface area contributed by atoms with Gasteiger partial charge in [0.05, 0.1) is 35.3 Å². The average molecular weight is 465 g/mol. The van der Waals surface area contributed by atoms with Crippen LogP contribution in [0.4, 0.5) is 0 Å². The molecular formula is C22H28N2O5S2. The maximum absolute atomic E-state index is 13.4. The smallest absolute Gasteiger partial charge is 0.175 e. The highest BCUT2D eigenvalue weighted by Gasteiger charge is 2.35. The summed E-state index contributed by atoms with van der Waals surface area (Å²) in [4.78, 5) is 3.83. The number of sulfone groups is 1. The molecule has 2 aliphatic rings. The van der Waals surface area contributed by atoms with Gasteiger partial charge in [0, 0.05) is 48.2 Å². The second-order valence-corrected chi connectivity index (χ2v) is 11.8. The molecule has 31 heavy (non-hydrogen) atoms. The zero-order chi connectivity index (χ0) is 22.2. The summed E-state index contributed by atoms with van der Waals surface area (Å²) in [6, 6.07) is 12.4. The van der Waals surface area contributed by atoms with Crippen LogP contribution in [0.3, 0.4) is 0 Å². The molecule has 0 bridgehead atoms. The number of hydrogen-bond acceptors (Lipinski definition) is 6. The van der Waals surface area contributed by atoms with Gasteiger partial charge in [-0.05, 0) is 41.8 Å². The van der Waals surface area contributed by atoms with Crippen LogP contribution < -0.4 is 0 Å². The molecule has 2 heterocycles. The number of nitrogens with zero attached hydrogens (tertiary/aromatic N) is 2. The molecule has 0 aromatic heterocycles. The Balaban J connectivity index is 1.74. The van der Waals surface area contributed by atoms with Gasteiger partial charge in [-0.1, -0.05) is 18.2 Å². The van der Waals surface area contributed by atoms with Crippen LogP contribution in [0.5, 0.6) is 0 Å². The summed E-state index contributed by atoms with van der Waals surface area (Å²) in [5.41, 5.74) is 1.75. The Morgan fingerprint density at radius 3 is 2.55 bits per heavy atom. The maximum atomic E-state index is 13.4. The Morgan fingerprint density at radius 2 is 1.87 bits per heavy atom. The van der Waals surface area contributed by atoms with Crippen molar-refractivity contribution in [1.82, 2.24) is 4.90 Å². The zero-order valence-electron chi connectivity index (χ0n) is 17.6. The number of hydroxylamine groups is 3. The normalized spacial score (nSPS) is 23.6. The fourth-order valence-electron chi connectivity index (χ4n) is 4.54. The molecule has 168 valence electrons. The number of aliphatic hydroxyl groups excluding tert-OH is 1. The number of aliphatic hydroxyl groups is 1. The highest BCUT2D eigenvalue weighted by Crippen LogP contribution is 2.39. The number of benzene rings is 2. The maximum Gasteiger partial charge on any atom is 0.175 e. The van der Waals surface area contributed by atoms with Crippen LogP contribution in [-0.2, 0) is 27.1 Å². The average Bonchev–Trinajstić information content (AvgIpc) is 2.87. The third kappa shape index (κ3) is 4.62. The molecule has 1 saturated heterocycles. The van der Waals surface area contributed by atoms with E-state index in [1.807, 2.05) is 24.3 Å². The summed E-state index contributed by atoms with van der Waals surface area (Å²) in [7, 11) is -4.81. The predicted molar refractivity (Wildman–Crippen MR) is 119 cm³/mol. The monoisotopic (exact) mass is 464 g/mol. The molecule has 1 fully saturated rings. The minimum Gasteiger partial charge on any atom is -0.633 e. The third-order valence-electron chi connectivity index (χ3n) is 6.31. The van der Waals surface area contributed by atoms with Gasteiger partial charge in [-0.2, -0.15) is 0 Å². The first-order valence-electron chi connectivity index (χ1n) is 10.5. The first-order valence-corrected chi connectivity index (χ1v) is 13.5. The third-order valence-corrected chi connectivity index (χ3v) is 8.99. The summed E-state index contributed by atoms with van der Waals surface area (Å²) in [6.07, 6.45) is 2.27. The van der Waals surface area contributed by atoms with E-state index in [-0.39, 0.29) is 22.2 Å². The SMILES string of the molecule is CS(=O)(=O)c1ccc2c(c1)[C@H](N1CC[N+]([O-])(CCCO)CC1)Cc1ccccc1[S@]2=O. The van der Waals surface area contributed by atoms with E-state index in [1.54, 1.807) is 12.1 Å². The van der Waals surface area contributed by atoms with Gasteiger partial charge in [0.15, 0.2) is 9.84 Å². The van der Waals surface area contributed by atoms with Crippen LogP contribution in [0, 0.1) is 5.21 Å². The van der Waals surface area contributed by atoms with E-state index in [0.29, 0.717) is 50.5 Å². The first-order chi connectivity index (χ1) is 14.7. The molecule has 2 aromatic carbocycles. The molecule has 2 aliphatic heterocycles. The Bertz CT molecular complexity index is 1090. The minimum atomic E-state index is -3.41. The van der Waals surface area contributed by atoms with Crippen LogP contribution in [-0.4, -0.2) is 72.9 Å². The molecule has 0 aliphatic carbocycles. The Hall–Kier alpha value is -1.62. The van der Waals surface area contributed by atoms with Crippen LogP contribution in [0.1, 0.15) is 23.6 Å². The highest BCUT2D eigenvalue weighted by molar-refractivity contribution is 7.90. The van der Waals surface area contributed by atoms with Crippen molar-refractivity contribution in [2.45, 2.75) is 33.6 Å². The van der Waals surface area contributed by atoms with Gasteiger partial charge in [0.25, 0.3) is 0 Å². The van der Waals surface area contributed by atoms with Gasteiger partial charge in [-0.3, -0.25) is 4.90 Å². The number of quaternary nitrogens is 1. The molecule has 1 N–H and O–H groups in total. The van der Waals surface area contributed by atoms with Crippen molar-refractivity contribution >= 4 is 20.6 Å². The summed E-state index contributed by atoms with van der Waals surface area (Å²) in [5, 5.41) is 22.0. The van der Waals surface area contributed by atoms with Crippen LogP contribution in [0.2, 0.25) is 0 Å². The van der Waals surface area contributed by atoms with Gasteiger partial charge in [0.1, 0.15) is 0 Å². The summed E-state index contributed by atoms with van der Waals surface area (Å²) in [5.74, 6) is 0. The number of hydrogen-bond donors (Lipinski definition) is 1. The lowest BCUT2D eigenvalue weighted by atomic mass is 9.96. The van der Waals surface area contributed by atoms with Crippen LogP contribution in [0.15, 0.2) is 57.2 Å². The van der Waals surface area contributed by atoms with Crippen molar-refractivity contribution in [3.8, 4) is 0 Å². The molecule has 0 spiro atoms. The van der Waals surface area contributed by atoms with Gasteiger partial charge in [-0.25, -0.2) is 12.6 Å². The van der Waals surface area contributed by atoms with Crippen LogP contribution >= 0.6 is 0 Å². The Kier molecular flexibility index (Phi) is 6.35. The molecule has 2 atom stereocenters. The molecule has 0 radical (unpaired) electrons. The van der Waals surface area contributed by atoms with E-state index in [2.05, 4.69) is 4.90 Å². The topological polar surface area (TPSA) is 97.7 Å². The fraction of sp³-hybridized carbons (Fsp3) is 0.455. The second kappa shape index (κ2) is 8.73. The van der Waals surface area contributed by atoms with E-state index in [1.165, 1.54) is 12.3 Å². The predicted octanol–water partition coefficient (Wildman–Crippen LogP) is 1.87. The van der Waals surface area contributed by atoms with Gasteiger partial charge in [-0.15, -0.1) is 0 Å². The van der Waals surface area contributed by atoms with Crippen molar-refractivity contribution in [3.63, 3.8) is 0 Å². The van der Waals surface area contributed by atoms with E-state index in [9.17, 15) is 17.8 Å². The van der Waals surface area contributed by atoms with E-state index in [0.717, 1.165) is 16.0 Å². The summed E-state index contributed by atoms with van der Waals surface area (Å²) in [6.45, 7) is 2.38. The first kappa shape index (κ1) is 22.6. The van der Waals surface area contributed by atoms with Crippen LogP contribution in [0.25, 0.3) is 0 Å². The highest BCUT2D eigenvalue weighted by atomic mass is 32.2. The van der Waals surface area contributed by atoms with Gasteiger partial charge < -0.3 is 15.0 Å². The number of piperazine rings is 1. The van der Waals surface area contributed by atoms with E-state index < -0.39 is 20.6 Å². The lowest BCUT2D eigenvalue weighted by Gasteiger charge is -2.50. The molecular weight excluding hydrogens is 436 g/mol. The molecule has 9 heteroatoms. The van der Waals surface area contributed by atoms with Gasteiger partial charge in [0.2, 0.25) is 0 Å². The second-order valence-electron chi connectivity index (χ2n) is 8.41. The zero-order valence-corrected chi connectivity index (χ0v) is 19.2. The molecule has 7 nitrogen and oxygen atoms in total. The lowest BCUT2D eigenvalue weighted by molar-refractivity contribution is -0.885. The number of fused-ring (bicyclic) bond motifs is 2. The summed E-state index contributed by atoms with van der Waals surface area (Å²) >= 11 is 0. The molecule has 2 aromatic rings. The van der Waals surface area contributed by atoms with Crippen molar-refractivity contribution in [1.29, 1.82) is 0 Å². The quantitative estimate of drug-likeness (QED) is 0.536. The van der Waals surface area contributed by atoms with Crippen molar-refractivity contribution < 1.29 is 22.4 Å². The minimum absolute atomic E-state index is 0.0127. The van der Waals surface area contributed by atoms with E-state index in [4.69, 9.17) is 5.11 Å². The van der Waals surface area contributed by atoms with Gasteiger partial charge >= 0.3 is 0 Å². The fourth-order valence-corrected chi connectivity index (χ4v) is 6.63. The summed E-state index contributed by atoms with van der Waals surface area (Å²) < 4.78 is 37.5. The molecule has 0 saturated carbocycles. The molecule has 0 amide bonds. The Morgan fingerprint density at radius 1 is 1.16 bits per heavy atom. The number of rotatable bonds is 5. The van der Waals surface area contributed by atoms with Crippen molar-refractivity contribution in [3.05, 3.63) is 58.8 Å². The van der Waals surface area contributed by atoms with E-state index >= 15 is 0 Å². The van der Waals surface area contributed by atoms with Crippen molar-refractivity contribution in [2.24, 2.45) is 0 Å². The lowest BCUT2D eigenvalue weighted by Crippen LogP contribution is -2.57. The molecule has 4 rings (SSSR count). The Labute approximate surface area is 185 Å². The standard InChI is InChI=1S/C22H28N2O5S2/c1-31(28,29)18-7-8-22-19(16-18)20(15-17-5-2-3-6-21(17)30(22)27)23-9-12-24(26,13-10-23)11-4-14-25/h2-3,5-8,16,20,25H,4,9-15H2,1H3/t20-,30-/m1/s1.